The molecule has 1 aliphatic heterocycles. The van der Waals surface area contributed by atoms with Crippen LogP contribution in [-0.4, -0.2) is 34.0 Å². The van der Waals surface area contributed by atoms with Crippen molar-refractivity contribution in [1.29, 1.82) is 0 Å². The fourth-order valence-corrected chi connectivity index (χ4v) is 4.07. The third-order valence-electron chi connectivity index (χ3n) is 4.29. The van der Waals surface area contributed by atoms with Crippen LogP contribution in [0.15, 0.2) is 47.4 Å². The summed E-state index contributed by atoms with van der Waals surface area (Å²) in [5.41, 5.74) is 2.75. The summed E-state index contributed by atoms with van der Waals surface area (Å²) in [7, 11) is -3.62. The Morgan fingerprint density at radius 2 is 2.04 bits per heavy atom. The summed E-state index contributed by atoms with van der Waals surface area (Å²) in [6.07, 6.45) is 0.661. The summed E-state index contributed by atoms with van der Waals surface area (Å²) in [5, 5.41) is 0. The molecule has 3 rings (SSSR count). The van der Waals surface area contributed by atoms with Gasteiger partial charge >= 0.3 is 0 Å². The van der Waals surface area contributed by atoms with Crippen molar-refractivity contribution in [3.8, 4) is 5.75 Å². The highest BCUT2D eigenvalue weighted by atomic mass is 32.2. The van der Waals surface area contributed by atoms with E-state index in [0.717, 1.165) is 16.8 Å². The first-order valence-corrected chi connectivity index (χ1v) is 9.95. The van der Waals surface area contributed by atoms with E-state index >= 15 is 0 Å². The SMILES string of the molecule is CC(=O)N1CCc2cc(S(=O)(=O)NCCOc3cccc(C)c3)ccc21. The maximum Gasteiger partial charge on any atom is 0.240 e. The molecule has 1 heterocycles. The van der Waals surface area contributed by atoms with Gasteiger partial charge in [0.1, 0.15) is 12.4 Å². The molecule has 0 saturated carbocycles. The van der Waals surface area contributed by atoms with Gasteiger partial charge in [-0.2, -0.15) is 0 Å². The Balaban J connectivity index is 1.61. The molecule has 1 N–H and O–H groups in total. The maximum absolute atomic E-state index is 12.5. The van der Waals surface area contributed by atoms with Gasteiger partial charge in [0.15, 0.2) is 0 Å². The van der Waals surface area contributed by atoms with Crippen LogP contribution in [0.4, 0.5) is 5.69 Å². The van der Waals surface area contributed by atoms with Gasteiger partial charge in [0.2, 0.25) is 15.9 Å². The van der Waals surface area contributed by atoms with Crippen LogP contribution in [-0.2, 0) is 21.2 Å². The number of fused-ring (bicyclic) bond motifs is 1. The quantitative estimate of drug-likeness (QED) is 0.787. The van der Waals surface area contributed by atoms with E-state index in [2.05, 4.69) is 4.72 Å². The monoisotopic (exact) mass is 374 g/mol. The lowest BCUT2D eigenvalue weighted by molar-refractivity contribution is -0.116. The van der Waals surface area contributed by atoms with E-state index in [9.17, 15) is 13.2 Å². The smallest absolute Gasteiger partial charge is 0.240 e. The molecule has 138 valence electrons. The van der Waals surface area contributed by atoms with Gasteiger partial charge in [0, 0.05) is 25.7 Å². The highest BCUT2D eigenvalue weighted by Crippen LogP contribution is 2.30. The van der Waals surface area contributed by atoms with E-state index in [1.165, 1.54) is 13.0 Å². The van der Waals surface area contributed by atoms with Gasteiger partial charge in [-0.15, -0.1) is 0 Å². The van der Waals surface area contributed by atoms with E-state index < -0.39 is 10.0 Å². The molecule has 6 nitrogen and oxygen atoms in total. The molecule has 0 atom stereocenters. The standard InChI is InChI=1S/C19H22N2O4S/c1-14-4-3-5-17(12-14)25-11-9-20-26(23,24)18-6-7-19-16(13-18)8-10-21(19)15(2)22/h3-7,12-13,20H,8-11H2,1-2H3. The Bertz CT molecular complexity index is 925. The predicted octanol–water partition coefficient (Wildman–Crippen LogP) is 2.26. The third kappa shape index (κ3) is 4.05. The summed E-state index contributed by atoms with van der Waals surface area (Å²) in [6.45, 7) is 4.48. The van der Waals surface area contributed by atoms with Crippen molar-refractivity contribution in [3.63, 3.8) is 0 Å². The first kappa shape index (κ1) is 18.4. The molecule has 0 aliphatic carbocycles. The van der Waals surface area contributed by atoms with Crippen LogP contribution in [0.2, 0.25) is 0 Å². The Morgan fingerprint density at radius 1 is 1.23 bits per heavy atom. The Labute approximate surface area is 153 Å². The van der Waals surface area contributed by atoms with Gasteiger partial charge in [-0.05, 0) is 54.8 Å². The zero-order valence-corrected chi connectivity index (χ0v) is 15.7. The Hall–Kier alpha value is -2.38. The number of amides is 1. The van der Waals surface area contributed by atoms with Crippen LogP contribution >= 0.6 is 0 Å². The number of carbonyl (C=O) groups excluding carboxylic acids is 1. The normalized spacial score (nSPS) is 13.5. The second kappa shape index (κ2) is 7.47. The third-order valence-corrected chi connectivity index (χ3v) is 5.75. The lowest BCUT2D eigenvalue weighted by Crippen LogP contribution is -2.28. The number of ether oxygens (including phenoxy) is 1. The van der Waals surface area contributed by atoms with Crippen LogP contribution < -0.4 is 14.4 Å². The number of anilines is 1. The fraction of sp³-hybridized carbons (Fsp3) is 0.316. The number of aryl methyl sites for hydroxylation is 1. The van der Waals surface area contributed by atoms with Crippen LogP contribution in [0.5, 0.6) is 5.75 Å². The summed E-state index contributed by atoms with van der Waals surface area (Å²) >= 11 is 0. The van der Waals surface area contributed by atoms with E-state index in [0.29, 0.717) is 18.7 Å². The largest absolute Gasteiger partial charge is 0.492 e. The molecule has 0 radical (unpaired) electrons. The van der Waals surface area contributed by atoms with Crippen molar-refractivity contribution >= 4 is 21.6 Å². The lowest BCUT2D eigenvalue weighted by Gasteiger charge is -2.15. The van der Waals surface area contributed by atoms with E-state index in [-0.39, 0.29) is 24.0 Å². The van der Waals surface area contributed by atoms with Crippen molar-refractivity contribution in [2.75, 3.05) is 24.6 Å². The number of carbonyl (C=O) groups is 1. The molecule has 7 heteroatoms. The van der Waals surface area contributed by atoms with E-state index in [1.807, 2.05) is 31.2 Å². The van der Waals surface area contributed by atoms with Crippen LogP contribution in [0, 0.1) is 6.92 Å². The minimum absolute atomic E-state index is 0.0363. The molecule has 2 aromatic rings. The summed E-state index contributed by atoms with van der Waals surface area (Å²) in [4.78, 5) is 13.5. The highest BCUT2D eigenvalue weighted by Gasteiger charge is 2.24. The molecule has 0 fully saturated rings. The first-order chi connectivity index (χ1) is 12.4. The Morgan fingerprint density at radius 3 is 2.77 bits per heavy atom. The molecule has 1 aliphatic rings. The summed E-state index contributed by atoms with van der Waals surface area (Å²) < 4.78 is 33.0. The van der Waals surface area contributed by atoms with Gasteiger partial charge < -0.3 is 9.64 Å². The predicted molar refractivity (Wildman–Crippen MR) is 100 cm³/mol. The molecule has 0 aromatic heterocycles. The fourth-order valence-electron chi connectivity index (χ4n) is 3.01. The molecule has 26 heavy (non-hydrogen) atoms. The number of rotatable bonds is 6. The minimum Gasteiger partial charge on any atom is -0.492 e. The number of nitrogens with zero attached hydrogens (tertiary/aromatic N) is 1. The first-order valence-electron chi connectivity index (χ1n) is 8.47. The maximum atomic E-state index is 12.5. The van der Waals surface area contributed by atoms with Crippen molar-refractivity contribution in [2.45, 2.75) is 25.2 Å². The molecule has 0 saturated heterocycles. The molecule has 0 unspecified atom stereocenters. The molecule has 2 aromatic carbocycles. The number of hydrogen-bond acceptors (Lipinski definition) is 4. The van der Waals surface area contributed by atoms with Gasteiger partial charge in [-0.3, -0.25) is 4.79 Å². The molecule has 1 amide bonds. The Kier molecular flexibility index (Phi) is 5.29. The van der Waals surface area contributed by atoms with Crippen molar-refractivity contribution in [2.24, 2.45) is 0 Å². The van der Waals surface area contributed by atoms with Crippen molar-refractivity contribution in [3.05, 3.63) is 53.6 Å². The van der Waals surface area contributed by atoms with Gasteiger partial charge in [-0.25, -0.2) is 13.1 Å². The number of hydrogen-bond donors (Lipinski definition) is 1. The molecular weight excluding hydrogens is 352 g/mol. The average Bonchev–Trinajstić information content (AvgIpc) is 3.02. The van der Waals surface area contributed by atoms with Gasteiger partial charge in [0.05, 0.1) is 4.90 Å². The second-order valence-corrected chi connectivity index (χ2v) is 8.04. The summed E-state index contributed by atoms with van der Waals surface area (Å²) in [5.74, 6) is 0.678. The van der Waals surface area contributed by atoms with Gasteiger partial charge in [0.25, 0.3) is 0 Å². The molecule has 0 bridgehead atoms. The van der Waals surface area contributed by atoms with Crippen LogP contribution in [0.3, 0.4) is 0 Å². The van der Waals surface area contributed by atoms with E-state index in [1.54, 1.807) is 17.0 Å². The zero-order valence-electron chi connectivity index (χ0n) is 14.9. The topological polar surface area (TPSA) is 75.7 Å². The van der Waals surface area contributed by atoms with E-state index in [4.69, 9.17) is 4.74 Å². The number of benzene rings is 2. The highest BCUT2D eigenvalue weighted by molar-refractivity contribution is 7.89. The van der Waals surface area contributed by atoms with Gasteiger partial charge in [-0.1, -0.05) is 12.1 Å². The number of nitrogens with one attached hydrogen (secondary N) is 1. The van der Waals surface area contributed by atoms with Crippen LogP contribution in [0.1, 0.15) is 18.1 Å². The summed E-state index contributed by atoms with van der Waals surface area (Å²) in [6, 6.07) is 12.5. The van der Waals surface area contributed by atoms with Crippen molar-refractivity contribution < 1.29 is 17.9 Å². The minimum atomic E-state index is -3.62. The number of sulfonamides is 1. The van der Waals surface area contributed by atoms with Crippen molar-refractivity contribution in [1.82, 2.24) is 4.72 Å². The lowest BCUT2D eigenvalue weighted by atomic mass is 10.2. The van der Waals surface area contributed by atoms with Crippen LogP contribution in [0.25, 0.3) is 0 Å². The molecule has 0 spiro atoms. The second-order valence-electron chi connectivity index (χ2n) is 6.27. The average molecular weight is 374 g/mol. The zero-order chi connectivity index (χ0) is 18.7. The molecular formula is C19H22N2O4S.